The third kappa shape index (κ3) is 6.70. The minimum atomic E-state index is -0.197. The Labute approximate surface area is 204 Å². The van der Waals surface area contributed by atoms with Crippen LogP contribution < -0.4 is 20.7 Å². The molecule has 3 aromatic carbocycles. The minimum Gasteiger partial charge on any atom is -0.497 e. The number of aromatic nitrogens is 2. The first-order valence-corrected chi connectivity index (χ1v) is 11.3. The normalized spacial score (nSPS) is 10.4. The molecule has 4 rings (SSSR count). The summed E-state index contributed by atoms with van der Waals surface area (Å²) in [4.78, 5) is 29.0. The summed E-state index contributed by atoms with van der Waals surface area (Å²) in [6.45, 7) is 1.39. The quantitative estimate of drug-likeness (QED) is 0.292. The molecular formula is C27H27N5O3. The second-order valence-electron chi connectivity index (χ2n) is 7.88. The largest absolute Gasteiger partial charge is 0.497 e. The van der Waals surface area contributed by atoms with Crippen LogP contribution in [-0.4, -0.2) is 35.0 Å². The van der Waals surface area contributed by atoms with Gasteiger partial charge in [0.2, 0.25) is 0 Å². The standard InChI is InChI=1S/C27H27N5O3/c1-35-25-12-6-20(7-13-25)27(34)31-23-10-8-22(9-11-23)30-24-5-2-4-21(18-24)26(33)29-14-3-16-32-17-15-28-19-32/h2,4-13,15,17-19,30H,3,14,16H2,1H3,(H,29,33)(H,31,34). The third-order valence-electron chi connectivity index (χ3n) is 5.35. The van der Waals surface area contributed by atoms with Crippen molar-refractivity contribution in [1.29, 1.82) is 0 Å². The molecule has 2 amide bonds. The lowest BCUT2D eigenvalue weighted by Crippen LogP contribution is -2.25. The highest BCUT2D eigenvalue weighted by atomic mass is 16.5. The first kappa shape index (κ1) is 23.6. The van der Waals surface area contributed by atoms with E-state index in [4.69, 9.17) is 4.74 Å². The molecule has 1 aromatic heterocycles. The van der Waals surface area contributed by atoms with Gasteiger partial charge in [0.25, 0.3) is 11.8 Å². The van der Waals surface area contributed by atoms with Crippen molar-refractivity contribution in [2.24, 2.45) is 0 Å². The zero-order valence-corrected chi connectivity index (χ0v) is 19.4. The summed E-state index contributed by atoms with van der Waals surface area (Å²) < 4.78 is 7.10. The van der Waals surface area contributed by atoms with Gasteiger partial charge < -0.3 is 25.3 Å². The Morgan fingerprint density at radius 3 is 2.37 bits per heavy atom. The summed E-state index contributed by atoms with van der Waals surface area (Å²) in [5, 5.41) is 9.12. The summed E-state index contributed by atoms with van der Waals surface area (Å²) in [6, 6.07) is 21.6. The third-order valence-corrected chi connectivity index (χ3v) is 5.35. The molecule has 1 heterocycles. The molecule has 0 aliphatic rings. The van der Waals surface area contributed by atoms with Crippen LogP contribution in [0.3, 0.4) is 0 Å². The van der Waals surface area contributed by atoms with Crippen LogP contribution in [-0.2, 0) is 6.54 Å². The number of benzene rings is 3. The van der Waals surface area contributed by atoms with Crippen molar-refractivity contribution in [2.75, 3.05) is 24.3 Å². The fraction of sp³-hybridized carbons (Fsp3) is 0.148. The molecule has 0 atom stereocenters. The number of imidazole rings is 1. The molecule has 0 bridgehead atoms. The molecular weight excluding hydrogens is 442 g/mol. The number of aryl methyl sites for hydroxylation is 1. The van der Waals surface area contributed by atoms with Gasteiger partial charge in [0.1, 0.15) is 5.75 Å². The fourth-order valence-electron chi connectivity index (χ4n) is 3.47. The Balaban J connectivity index is 1.29. The number of amides is 2. The highest BCUT2D eigenvalue weighted by molar-refractivity contribution is 6.04. The maximum atomic E-state index is 12.5. The van der Waals surface area contributed by atoms with E-state index in [1.54, 1.807) is 50.0 Å². The maximum Gasteiger partial charge on any atom is 0.255 e. The number of rotatable bonds is 10. The SMILES string of the molecule is COc1ccc(C(=O)Nc2ccc(Nc3cccc(C(=O)NCCCn4ccnc4)c3)cc2)cc1. The Morgan fingerprint density at radius 1 is 0.886 bits per heavy atom. The van der Waals surface area contributed by atoms with Crippen molar-refractivity contribution in [3.8, 4) is 5.75 Å². The van der Waals surface area contributed by atoms with Gasteiger partial charge in [-0.3, -0.25) is 9.59 Å². The molecule has 0 spiro atoms. The number of methoxy groups -OCH3 is 1. The highest BCUT2D eigenvalue weighted by Gasteiger charge is 2.08. The van der Waals surface area contributed by atoms with Gasteiger partial charge in [0.15, 0.2) is 0 Å². The molecule has 4 aromatic rings. The van der Waals surface area contributed by atoms with Gasteiger partial charge in [-0.2, -0.15) is 0 Å². The number of carbonyl (C=O) groups excluding carboxylic acids is 2. The van der Waals surface area contributed by atoms with Crippen LogP contribution in [0, 0.1) is 0 Å². The molecule has 178 valence electrons. The molecule has 0 fully saturated rings. The van der Waals surface area contributed by atoms with E-state index >= 15 is 0 Å². The van der Waals surface area contributed by atoms with Crippen LogP contribution in [0.5, 0.6) is 5.75 Å². The van der Waals surface area contributed by atoms with Crippen molar-refractivity contribution < 1.29 is 14.3 Å². The summed E-state index contributed by atoms with van der Waals surface area (Å²) in [5.41, 5.74) is 3.45. The predicted molar refractivity (Wildman–Crippen MR) is 136 cm³/mol. The number of nitrogens with zero attached hydrogens (tertiary/aromatic N) is 2. The van der Waals surface area contributed by atoms with E-state index in [9.17, 15) is 9.59 Å². The summed E-state index contributed by atoms with van der Waals surface area (Å²) >= 11 is 0. The van der Waals surface area contributed by atoms with Crippen molar-refractivity contribution in [1.82, 2.24) is 14.9 Å². The van der Waals surface area contributed by atoms with Gasteiger partial charge in [0.05, 0.1) is 13.4 Å². The fourth-order valence-corrected chi connectivity index (χ4v) is 3.47. The van der Waals surface area contributed by atoms with Gasteiger partial charge in [-0.15, -0.1) is 0 Å². The van der Waals surface area contributed by atoms with Crippen LogP contribution in [0.4, 0.5) is 17.1 Å². The zero-order chi connectivity index (χ0) is 24.5. The van der Waals surface area contributed by atoms with Gasteiger partial charge in [-0.1, -0.05) is 6.07 Å². The molecule has 0 radical (unpaired) electrons. The van der Waals surface area contributed by atoms with E-state index in [-0.39, 0.29) is 11.8 Å². The Bertz CT molecular complexity index is 1250. The van der Waals surface area contributed by atoms with Gasteiger partial charge in [0, 0.05) is 53.7 Å². The molecule has 3 N–H and O–H groups in total. The molecule has 8 heteroatoms. The van der Waals surface area contributed by atoms with Crippen molar-refractivity contribution in [3.63, 3.8) is 0 Å². The summed E-state index contributed by atoms with van der Waals surface area (Å²) in [5.74, 6) is 0.386. The summed E-state index contributed by atoms with van der Waals surface area (Å²) in [7, 11) is 1.58. The molecule has 0 unspecified atom stereocenters. The number of nitrogens with one attached hydrogen (secondary N) is 3. The van der Waals surface area contributed by atoms with Crippen molar-refractivity contribution >= 4 is 28.9 Å². The smallest absolute Gasteiger partial charge is 0.255 e. The number of anilines is 3. The average molecular weight is 470 g/mol. The van der Waals surface area contributed by atoms with E-state index in [0.29, 0.717) is 29.1 Å². The van der Waals surface area contributed by atoms with Gasteiger partial charge in [-0.05, 0) is 73.2 Å². The van der Waals surface area contributed by atoms with Crippen molar-refractivity contribution in [2.45, 2.75) is 13.0 Å². The van der Waals surface area contributed by atoms with Crippen LogP contribution in [0.15, 0.2) is 91.5 Å². The van der Waals surface area contributed by atoms with Crippen LogP contribution in [0.2, 0.25) is 0 Å². The Hall–Kier alpha value is -4.59. The second-order valence-corrected chi connectivity index (χ2v) is 7.88. The average Bonchev–Trinajstić information content (AvgIpc) is 3.41. The molecule has 8 nitrogen and oxygen atoms in total. The molecule has 0 aliphatic carbocycles. The zero-order valence-electron chi connectivity index (χ0n) is 19.4. The maximum absolute atomic E-state index is 12.5. The minimum absolute atomic E-state index is 0.115. The monoisotopic (exact) mass is 469 g/mol. The first-order chi connectivity index (χ1) is 17.1. The van der Waals surface area contributed by atoms with Crippen LogP contribution >= 0.6 is 0 Å². The van der Waals surface area contributed by atoms with Gasteiger partial charge in [-0.25, -0.2) is 4.98 Å². The molecule has 35 heavy (non-hydrogen) atoms. The predicted octanol–water partition coefficient (Wildman–Crippen LogP) is 4.71. The van der Waals surface area contributed by atoms with Crippen LogP contribution in [0.25, 0.3) is 0 Å². The Kier molecular flexibility index (Phi) is 7.75. The number of hydrogen-bond donors (Lipinski definition) is 3. The number of ether oxygens (including phenoxy) is 1. The molecule has 0 saturated heterocycles. The van der Waals surface area contributed by atoms with E-state index in [0.717, 1.165) is 24.3 Å². The number of hydrogen-bond acceptors (Lipinski definition) is 5. The van der Waals surface area contributed by atoms with Crippen molar-refractivity contribution in [3.05, 3.63) is 103 Å². The van der Waals surface area contributed by atoms with Gasteiger partial charge >= 0.3 is 0 Å². The lowest BCUT2D eigenvalue weighted by atomic mass is 10.1. The Morgan fingerprint density at radius 2 is 1.66 bits per heavy atom. The highest BCUT2D eigenvalue weighted by Crippen LogP contribution is 2.21. The van der Waals surface area contributed by atoms with Crippen LogP contribution in [0.1, 0.15) is 27.1 Å². The second kappa shape index (κ2) is 11.5. The number of carbonyl (C=O) groups is 2. The first-order valence-electron chi connectivity index (χ1n) is 11.3. The molecule has 0 aliphatic heterocycles. The molecule has 0 saturated carbocycles. The van der Waals surface area contributed by atoms with E-state index in [1.165, 1.54) is 0 Å². The van der Waals surface area contributed by atoms with E-state index in [1.807, 2.05) is 53.2 Å². The van der Waals surface area contributed by atoms with E-state index < -0.39 is 0 Å². The lowest BCUT2D eigenvalue weighted by molar-refractivity contribution is 0.0952. The van der Waals surface area contributed by atoms with E-state index in [2.05, 4.69) is 20.9 Å². The lowest BCUT2D eigenvalue weighted by Gasteiger charge is -2.11. The topological polar surface area (TPSA) is 97.3 Å². The summed E-state index contributed by atoms with van der Waals surface area (Å²) in [6.07, 6.45) is 6.22.